The summed E-state index contributed by atoms with van der Waals surface area (Å²) in [6.45, 7) is 0. The van der Waals surface area contributed by atoms with Gasteiger partial charge in [0, 0.05) is 38.3 Å². The minimum absolute atomic E-state index is 0.0328. The smallest absolute Gasteiger partial charge is 0.143 e. The zero-order chi connectivity index (χ0) is 40.5. The van der Waals surface area contributed by atoms with Crippen molar-refractivity contribution < 1.29 is 19.5 Å². The molecule has 47 heavy (non-hydrogen) atoms. The van der Waals surface area contributed by atoms with Crippen LogP contribution >= 0.6 is 0 Å². The number of nitrogens with zero attached hydrogens (tertiary/aromatic N) is 2. The van der Waals surface area contributed by atoms with Gasteiger partial charge in [-0.1, -0.05) is 115 Å². The number of benzene rings is 8. The van der Waals surface area contributed by atoms with Gasteiger partial charge < -0.3 is 13.9 Å². The van der Waals surface area contributed by atoms with Gasteiger partial charge >= 0.3 is 0 Å². The normalized spacial score (nSPS) is 15.1. The highest BCUT2D eigenvalue weighted by Gasteiger charge is 2.22. The fourth-order valence-electron chi connectivity index (χ4n) is 6.75. The van der Waals surface area contributed by atoms with Crippen molar-refractivity contribution in [1.29, 1.82) is 0 Å². The fraction of sp³-hybridized carbons (Fsp3) is 0. The maximum Gasteiger partial charge on any atom is 0.143 e. The average Bonchev–Trinajstić information content (AvgIpc) is 3.79. The van der Waals surface area contributed by atoms with E-state index in [1.54, 1.807) is 22.8 Å². The molecule has 2 aromatic heterocycles. The van der Waals surface area contributed by atoms with E-state index in [0.29, 0.717) is 33.0 Å². The van der Waals surface area contributed by atoms with Crippen LogP contribution in [-0.4, -0.2) is 4.57 Å². The Labute approximate surface area is 286 Å². The number of furan rings is 1. The monoisotopic (exact) mass is 611 g/mol. The zero-order valence-electron chi connectivity index (χ0n) is 35.6. The number of rotatable bonds is 4. The molecule has 3 nitrogen and oxygen atoms in total. The lowest BCUT2D eigenvalue weighted by molar-refractivity contribution is 0.672. The summed E-state index contributed by atoms with van der Waals surface area (Å²) >= 11 is 0. The second-order valence-corrected chi connectivity index (χ2v) is 11.3. The number of para-hydroxylation sites is 2. The van der Waals surface area contributed by atoms with Gasteiger partial charge in [-0.25, -0.2) is 0 Å². The van der Waals surface area contributed by atoms with Crippen LogP contribution in [0.2, 0.25) is 0 Å². The zero-order valence-corrected chi connectivity index (χ0v) is 24.6. The van der Waals surface area contributed by atoms with Gasteiger partial charge in [0.1, 0.15) is 11.2 Å². The maximum atomic E-state index is 10.1. The highest BCUT2D eigenvalue weighted by Crippen LogP contribution is 2.46. The van der Waals surface area contributed by atoms with Gasteiger partial charge in [0.25, 0.3) is 0 Å². The highest BCUT2D eigenvalue weighted by molar-refractivity contribution is 6.20. The van der Waals surface area contributed by atoms with Crippen LogP contribution in [0.1, 0.15) is 15.1 Å². The first-order valence-electron chi connectivity index (χ1n) is 20.6. The Morgan fingerprint density at radius 2 is 1.23 bits per heavy atom. The number of hydrogen-bond donors (Lipinski definition) is 0. The number of aromatic nitrogens is 1. The molecule has 3 heteroatoms. The van der Waals surface area contributed by atoms with Crippen molar-refractivity contribution in [1.82, 2.24) is 4.57 Å². The van der Waals surface area contributed by atoms with Crippen LogP contribution in [0.15, 0.2) is 174 Å². The average molecular weight is 612 g/mol. The lowest BCUT2D eigenvalue weighted by atomic mass is 10.0. The molecule has 0 fully saturated rings. The van der Waals surface area contributed by atoms with E-state index in [1.165, 1.54) is 4.90 Å². The Morgan fingerprint density at radius 3 is 2.09 bits per heavy atom. The molecule has 0 saturated carbocycles. The predicted octanol–water partition coefficient (Wildman–Crippen LogP) is 12.5. The Morgan fingerprint density at radius 1 is 0.511 bits per heavy atom. The van der Waals surface area contributed by atoms with E-state index in [0.717, 1.165) is 21.5 Å². The topological polar surface area (TPSA) is 21.3 Å². The van der Waals surface area contributed by atoms with E-state index >= 15 is 0 Å². The van der Waals surface area contributed by atoms with Crippen molar-refractivity contribution >= 4 is 82.4 Å². The molecule has 10 aromatic rings. The fourth-order valence-corrected chi connectivity index (χ4v) is 6.75. The van der Waals surface area contributed by atoms with E-state index in [-0.39, 0.29) is 39.6 Å². The van der Waals surface area contributed by atoms with E-state index in [1.807, 2.05) is 84.9 Å². The van der Waals surface area contributed by atoms with Gasteiger partial charge in [-0.15, -0.1) is 0 Å². The molecule has 2 heterocycles. The van der Waals surface area contributed by atoms with Gasteiger partial charge in [0.15, 0.2) is 0 Å². The molecule has 8 aromatic carbocycles. The molecule has 0 amide bonds. The predicted molar refractivity (Wildman–Crippen MR) is 198 cm³/mol. The summed E-state index contributed by atoms with van der Waals surface area (Å²) in [5.74, 6) is 0. The van der Waals surface area contributed by atoms with Crippen LogP contribution in [0.25, 0.3) is 71.0 Å². The molecule has 0 aliphatic heterocycles. The third-order valence-corrected chi connectivity index (χ3v) is 8.75. The van der Waals surface area contributed by atoms with Gasteiger partial charge in [-0.2, -0.15) is 0 Å². The Balaban J connectivity index is 1.44. The van der Waals surface area contributed by atoms with E-state index in [2.05, 4.69) is 0 Å². The second-order valence-electron chi connectivity index (χ2n) is 11.3. The van der Waals surface area contributed by atoms with Gasteiger partial charge in [0.05, 0.1) is 42.9 Å². The van der Waals surface area contributed by atoms with Crippen LogP contribution in [0.4, 0.5) is 17.1 Å². The molecule has 0 aliphatic rings. The van der Waals surface area contributed by atoms with Crippen molar-refractivity contribution in [3.8, 4) is 5.69 Å². The van der Waals surface area contributed by atoms with Crippen molar-refractivity contribution in [2.75, 3.05) is 4.90 Å². The van der Waals surface area contributed by atoms with Crippen molar-refractivity contribution in [3.63, 3.8) is 0 Å². The Bertz CT molecular complexity index is 3390. The molecule has 0 bridgehead atoms. The molecular formula is C44H28N2O. The number of hydrogen-bond acceptors (Lipinski definition) is 2. The summed E-state index contributed by atoms with van der Waals surface area (Å²) < 4.78 is 109. The first-order valence-corrected chi connectivity index (χ1v) is 15.1. The minimum Gasteiger partial charge on any atom is -0.455 e. The molecular weight excluding hydrogens is 572 g/mol. The summed E-state index contributed by atoms with van der Waals surface area (Å²) in [6, 6.07) is 25.4. The van der Waals surface area contributed by atoms with Crippen LogP contribution < -0.4 is 4.90 Å². The quantitative estimate of drug-likeness (QED) is 0.197. The Kier molecular flexibility index (Phi) is 3.74. The highest BCUT2D eigenvalue weighted by atomic mass is 16.3. The third-order valence-electron chi connectivity index (χ3n) is 8.75. The van der Waals surface area contributed by atoms with Gasteiger partial charge in [0.2, 0.25) is 0 Å². The molecule has 10 rings (SSSR count). The Hall–Kier alpha value is -6.32. The summed E-state index contributed by atoms with van der Waals surface area (Å²) in [6.07, 6.45) is 0. The third kappa shape index (κ3) is 3.87. The molecule has 220 valence electrons. The lowest BCUT2D eigenvalue weighted by Gasteiger charge is -2.28. The molecule has 0 N–H and O–H groups in total. The molecule has 0 saturated heterocycles. The second kappa shape index (κ2) is 10.1. The summed E-state index contributed by atoms with van der Waals surface area (Å²) in [7, 11) is 0. The molecule has 0 atom stereocenters. The van der Waals surface area contributed by atoms with Gasteiger partial charge in [-0.05, 0) is 65.3 Å². The standard InChI is InChI=1S/C44H28N2O/c1-3-17-33-29(12-1)14-9-23-38(33)46(41-24-11-25-42-43(41)37-27-26-30-13-2-4-18-34(30)44(37)47-42)32-16-10-15-31(28-32)45-39-21-7-5-19-35(39)36-20-6-8-22-40(36)45/h1-28H/i1D,3D,9D,10D,12D,14D,15D,16D,17D,23D,28D. The summed E-state index contributed by atoms with van der Waals surface area (Å²) in [4.78, 5) is 1.33. The number of anilines is 3. The van der Waals surface area contributed by atoms with Crippen LogP contribution in [-0.2, 0) is 0 Å². The SMILES string of the molecule is [2H]c1c([2H])c(N(c2c([2H])c([2H])c([2H])c3c([2H])c([2H])c([2H])c([2H])c23)c2cccc3oc4c5ccccc5ccc4c23)c([2H])c(-n2c3ccccc3c3ccccc32)c1[2H]. The van der Waals surface area contributed by atoms with Crippen molar-refractivity contribution in [3.05, 3.63) is 170 Å². The molecule has 0 unspecified atom stereocenters. The minimum atomic E-state index is -0.642. The molecule has 0 radical (unpaired) electrons. The number of fused-ring (bicyclic) bond motifs is 9. The van der Waals surface area contributed by atoms with Crippen LogP contribution in [0.3, 0.4) is 0 Å². The first-order chi connectivity index (χ1) is 27.9. The van der Waals surface area contributed by atoms with Crippen LogP contribution in [0, 0.1) is 0 Å². The van der Waals surface area contributed by atoms with E-state index in [4.69, 9.17) is 11.3 Å². The summed E-state index contributed by atoms with van der Waals surface area (Å²) in [5.41, 5.74) is 1.82. The van der Waals surface area contributed by atoms with Gasteiger partial charge in [-0.3, -0.25) is 0 Å². The van der Waals surface area contributed by atoms with Crippen molar-refractivity contribution in [2.24, 2.45) is 0 Å². The van der Waals surface area contributed by atoms with E-state index in [9.17, 15) is 8.22 Å². The van der Waals surface area contributed by atoms with Crippen LogP contribution in [0.5, 0.6) is 0 Å². The largest absolute Gasteiger partial charge is 0.455 e. The lowest BCUT2D eigenvalue weighted by Crippen LogP contribution is -2.11. The molecule has 0 spiro atoms. The van der Waals surface area contributed by atoms with Crippen molar-refractivity contribution in [2.45, 2.75) is 0 Å². The maximum absolute atomic E-state index is 10.1. The summed E-state index contributed by atoms with van der Waals surface area (Å²) in [5, 5.41) is 3.89. The van der Waals surface area contributed by atoms with E-state index < -0.39 is 60.4 Å². The first kappa shape index (κ1) is 17.4. The molecule has 0 aliphatic carbocycles.